The number of carbonyl (C=O) groups is 2. The van der Waals surface area contributed by atoms with Gasteiger partial charge in [-0.15, -0.1) is 0 Å². The number of carbonyl (C=O) groups excluding carboxylic acids is 2. The summed E-state index contributed by atoms with van der Waals surface area (Å²) in [6.07, 6.45) is 0.0396. The molecule has 0 heterocycles. The Balaban J connectivity index is 1.78. The smallest absolute Gasteiger partial charge is 0.271 e. The number of anilines is 1. The number of nitrogens with one attached hydrogen (secondary N) is 3. The Morgan fingerprint density at radius 3 is 2.27 bits per heavy atom. The van der Waals surface area contributed by atoms with Gasteiger partial charge in [0.05, 0.1) is 34.8 Å². The number of methoxy groups -OCH3 is 1. The van der Waals surface area contributed by atoms with E-state index >= 15 is 0 Å². The second-order valence-electron chi connectivity index (χ2n) is 6.73. The van der Waals surface area contributed by atoms with Crippen LogP contribution in [0.25, 0.3) is 0 Å². The van der Waals surface area contributed by atoms with E-state index in [0.717, 1.165) is 17.7 Å². The fraction of sp³-hybridized carbons (Fsp3) is 0.0909. The summed E-state index contributed by atoms with van der Waals surface area (Å²) in [6.45, 7) is 0. The largest absolute Gasteiger partial charge is 0.495 e. The van der Waals surface area contributed by atoms with Gasteiger partial charge >= 0.3 is 0 Å². The zero-order valence-electron chi connectivity index (χ0n) is 17.3. The summed E-state index contributed by atoms with van der Waals surface area (Å²) < 4.78 is 33.4. The van der Waals surface area contributed by atoms with Gasteiger partial charge in [0.2, 0.25) is 5.91 Å². The molecule has 3 rings (SSSR count). The van der Waals surface area contributed by atoms with Crippen molar-refractivity contribution >= 4 is 50.7 Å². The van der Waals surface area contributed by atoms with E-state index in [9.17, 15) is 18.0 Å². The Labute approximate surface area is 200 Å². The zero-order chi connectivity index (χ0) is 24.0. The number of halogens is 2. The second-order valence-corrected chi connectivity index (χ2v) is 9.20. The highest BCUT2D eigenvalue weighted by Gasteiger charge is 2.24. The first-order valence-corrected chi connectivity index (χ1v) is 11.7. The molecule has 8 nitrogen and oxygen atoms in total. The molecule has 0 aliphatic rings. The minimum atomic E-state index is -4.21. The zero-order valence-corrected chi connectivity index (χ0v) is 19.6. The van der Waals surface area contributed by atoms with E-state index in [-0.39, 0.29) is 32.6 Å². The number of benzene rings is 3. The van der Waals surface area contributed by atoms with Gasteiger partial charge in [0, 0.05) is 0 Å². The van der Waals surface area contributed by atoms with Gasteiger partial charge in [-0.05, 0) is 29.8 Å². The predicted octanol–water partition coefficient (Wildman–Crippen LogP) is 3.81. The van der Waals surface area contributed by atoms with Gasteiger partial charge in [0.25, 0.3) is 15.9 Å². The van der Waals surface area contributed by atoms with E-state index in [4.69, 9.17) is 27.9 Å². The van der Waals surface area contributed by atoms with Crippen LogP contribution in [0.4, 0.5) is 5.69 Å². The van der Waals surface area contributed by atoms with Gasteiger partial charge in [-0.25, -0.2) is 8.42 Å². The summed E-state index contributed by atoms with van der Waals surface area (Å²) in [5.41, 5.74) is 5.24. The molecule has 0 spiro atoms. The summed E-state index contributed by atoms with van der Waals surface area (Å²) in [6, 6.07) is 17.5. The number of hydrogen-bond acceptors (Lipinski definition) is 5. The molecular weight excluding hydrogens is 489 g/mol. The van der Waals surface area contributed by atoms with Crippen LogP contribution < -0.4 is 20.3 Å². The molecule has 0 unspecified atom stereocenters. The van der Waals surface area contributed by atoms with Gasteiger partial charge in [0.1, 0.15) is 10.6 Å². The summed E-state index contributed by atoms with van der Waals surface area (Å²) in [5, 5.41) is -0.280. The molecule has 11 heteroatoms. The molecule has 0 aliphatic heterocycles. The minimum absolute atomic E-state index is 0.0396. The van der Waals surface area contributed by atoms with Crippen LogP contribution in [0.2, 0.25) is 10.0 Å². The Hall–Kier alpha value is -3.27. The maximum Gasteiger partial charge on any atom is 0.271 e. The average Bonchev–Trinajstić information content (AvgIpc) is 2.78. The molecular formula is C22H19Cl2N3O5S. The number of para-hydroxylation sites is 2. The van der Waals surface area contributed by atoms with E-state index in [0.29, 0.717) is 5.75 Å². The molecule has 2 amide bonds. The van der Waals surface area contributed by atoms with Crippen LogP contribution in [-0.2, 0) is 21.2 Å². The van der Waals surface area contributed by atoms with Crippen molar-refractivity contribution in [2.24, 2.45) is 0 Å². The van der Waals surface area contributed by atoms with E-state index < -0.39 is 21.8 Å². The van der Waals surface area contributed by atoms with Gasteiger partial charge in [-0.1, -0.05) is 65.7 Å². The summed E-state index contributed by atoms with van der Waals surface area (Å²) >= 11 is 12.2. The third-order valence-corrected chi connectivity index (χ3v) is 6.57. The van der Waals surface area contributed by atoms with Gasteiger partial charge in [-0.2, -0.15) is 0 Å². The average molecular weight is 508 g/mol. The van der Waals surface area contributed by atoms with Crippen LogP contribution in [-0.4, -0.2) is 27.3 Å². The predicted molar refractivity (Wildman–Crippen MR) is 126 cm³/mol. The van der Waals surface area contributed by atoms with Crippen LogP contribution in [0.1, 0.15) is 15.9 Å². The van der Waals surface area contributed by atoms with E-state index in [1.807, 2.05) is 6.07 Å². The van der Waals surface area contributed by atoms with E-state index in [2.05, 4.69) is 15.6 Å². The van der Waals surface area contributed by atoms with Crippen molar-refractivity contribution in [2.45, 2.75) is 11.3 Å². The first-order valence-electron chi connectivity index (χ1n) is 9.49. The van der Waals surface area contributed by atoms with E-state index in [1.165, 1.54) is 13.2 Å². The molecule has 172 valence electrons. The third-order valence-electron chi connectivity index (χ3n) is 4.43. The quantitative estimate of drug-likeness (QED) is 0.420. The van der Waals surface area contributed by atoms with Crippen LogP contribution in [0.3, 0.4) is 0 Å². The highest BCUT2D eigenvalue weighted by Crippen LogP contribution is 2.32. The fourth-order valence-electron chi connectivity index (χ4n) is 2.86. The minimum Gasteiger partial charge on any atom is -0.495 e. The highest BCUT2D eigenvalue weighted by molar-refractivity contribution is 7.92. The summed E-state index contributed by atoms with van der Waals surface area (Å²) in [7, 11) is -2.81. The molecule has 0 aromatic heterocycles. The van der Waals surface area contributed by atoms with Crippen molar-refractivity contribution in [1.29, 1.82) is 0 Å². The molecule has 3 aromatic rings. The lowest BCUT2D eigenvalue weighted by molar-refractivity contribution is -0.121. The first-order chi connectivity index (χ1) is 15.7. The first kappa shape index (κ1) is 24.4. The van der Waals surface area contributed by atoms with Gasteiger partial charge < -0.3 is 4.74 Å². The van der Waals surface area contributed by atoms with Gasteiger partial charge in [0.15, 0.2) is 0 Å². The second kappa shape index (κ2) is 10.6. The lowest BCUT2D eigenvalue weighted by atomic mass is 10.1. The molecule has 0 saturated carbocycles. The van der Waals surface area contributed by atoms with E-state index in [1.54, 1.807) is 42.5 Å². The molecule has 0 saturated heterocycles. The standard InChI is InChI=1S/C22H19Cl2N3O5S/c1-32-19-10-6-5-9-18(19)27-33(30,31)20-12-15(16(23)13-17(20)24)22(29)26-25-21(28)11-14-7-3-2-4-8-14/h2-10,12-13,27H,11H2,1H3,(H,25,28)(H,26,29). The molecule has 0 fully saturated rings. The Kier molecular flexibility index (Phi) is 7.80. The molecule has 3 N–H and O–H groups in total. The molecule has 3 aromatic carbocycles. The molecule has 0 aliphatic carbocycles. The normalized spacial score (nSPS) is 10.9. The van der Waals surface area contributed by atoms with Gasteiger partial charge in [-0.3, -0.25) is 25.2 Å². The number of sulfonamides is 1. The number of rotatable bonds is 7. The highest BCUT2D eigenvalue weighted by atomic mass is 35.5. The lowest BCUT2D eigenvalue weighted by Crippen LogP contribution is -2.42. The summed E-state index contributed by atoms with van der Waals surface area (Å²) in [5.74, 6) is -0.984. The van der Waals surface area contributed by atoms with Crippen molar-refractivity contribution in [3.05, 3.63) is 87.9 Å². The van der Waals surface area contributed by atoms with Crippen LogP contribution >= 0.6 is 23.2 Å². The van der Waals surface area contributed by atoms with Crippen molar-refractivity contribution in [2.75, 3.05) is 11.8 Å². The lowest BCUT2D eigenvalue weighted by Gasteiger charge is -2.14. The SMILES string of the molecule is COc1ccccc1NS(=O)(=O)c1cc(C(=O)NNC(=O)Cc2ccccc2)c(Cl)cc1Cl. The Morgan fingerprint density at radius 1 is 0.909 bits per heavy atom. The van der Waals surface area contributed by atoms with Crippen molar-refractivity contribution in [3.8, 4) is 5.75 Å². The molecule has 0 radical (unpaired) electrons. The topological polar surface area (TPSA) is 114 Å². The summed E-state index contributed by atoms with van der Waals surface area (Å²) in [4.78, 5) is 24.3. The van der Waals surface area contributed by atoms with Crippen molar-refractivity contribution in [3.63, 3.8) is 0 Å². The van der Waals surface area contributed by atoms with Crippen LogP contribution in [0.15, 0.2) is 71.6 Å². The molecule has 0 bridgehead atoms. The maximum absolute atomic E-state index is 13.0. The van der Waals surface area contributed by atoms with Crippen LogP contribution in [0, 0.1) is 0 Å². The number of hydrogen-bond donors (Lipinski definition) is 3. The maximum atomic E-state index is 13.0. The fourth-order valence-corrected chi connectivity index (χ4v) is 4.79. The van der Waals surface area contributed by atoms with Crippen molar-refractivity contribution in [1.82, 2.24) is 10.9 Å². The number of amides is 2. The number of ether oxygens (including phenoxy) is 1. The van der Waals surface area contributed by atoms with Crippen LogP contribution in [0.5, 0.6) is 5.75 Å². The molecule has 0 atom stereocenters. The molecule has 33 heavy (non-hydrogen) atoms. The third kappa shape index (κ3) is 6.16. The Morgan fingerprint density at radius 2 is 1.58 bits per heavy atom. The van der Waals surface area contributed by atoms with Crippen molar-refractivity contribution < 1.29 is 22.7 Å². The number of hydrazine groups is 1. The monoisotopic (exact) mass is 507 g/mol. The Bertz CT molecular complexity index is 1280.